The topological polar surface area (TPSA) is 70.2 Å². The van der Waals surface area contributed by atoms with E-state index >= 15 is 0 Å². The van der Waals surface area contributed by atoms with Crippen LogP contribution in [0.1, 0.15) is 0 Å². The average Bonchev–Trinajstić information content (AvgIpc) is 2.64. The molecule has 0 spiro atoms. The van der Waals surface area contributed by atoms with E-state index in [1.54, 1.807) is 48.5 Å². The highest BCUT2D eigenvalue weighted by Crippen LogP contribution is 2.26. The fourth-order valence-corrected chi connectivity index (χ4v) is 4.28. The Morgan fingerprint density at radius 2 is 1.48 bits per heavy atom. The van der Waals surface area contributed by atoms with Gasteiger partial charge in [-0.15, -0.1) is 0 Å². The molecule has 0 atom stereocenters. The number of hydrogen-bond acceptors (Lipinski definition) is 3. The zero-order chi connectivity index (χ0) is 21.0. The maximum Gasteiger partial charge on any atom is 0.261 e. The fraction of sp³-hybridized carbons (Fsp3) is 0. The van der Waals surface area contributed by atoms with Crippen LogP contribution < -0.4 is 15.4 Å². The van der Waals surface area contributed by atoms with Gasteiger partial charge in [0, 0.05) is 15.7 Å². The first-order chi connectivity index (χ1) is 13.7. The molecule has 0 saturated heterocycles. The Kier molecular flexibility index (Phi) is 6.87. The summed E-state index contributed by atoms with van der Waals surface area (Å²) in [6, 6.07) is 17.6. The number of anilines is 3. The van der Waals surface area contributed by atoms with Gasteiger partial charge in [0.1, 0.15) is 0 Å². The molecule has 3 aromatic rings. The Balaban J connectivity index is 1.67. The van der Waals surface area contributed by atoms with Gasteiger partial charge in [-0.05, 0) is 72.9 Å². The maximum atomic E-state index is 12.5. The molecule has 10 heteroatoms. The third kappa shape index (κ3) is 5.98. The van der Waals surface area contributed by atoms with Crippen LogP contribution in [0.5, 0.6) is 0 Å². The summed E-state index contributed by atoms with van der Waals surface area (Å²) in [6.45, 7) is 0. The zero-order valence-electron chi connectivity index (χ0n) is 14.6. The van der Waals surface area contributed by atoms with Crippen LogP contribution in [0.25, 0.3) is 0 Å². The monoisotopic (exact) mass is 485 g/mol. The van der Waals surface area contributed by atoms with Crippen LogP contribution in [-0.4, -0.2) is 13.5 Å². The lowest BCUT2D eigenvalue weighted by atomic mass is 10.3. The number of benzene rings is 3. The van der Waals surface area contributed by atoms with Gasteiger partial charge < -0.3 is 10.6 Å². The number of hydrogen-bond donors (Lipinski definition) is 3. The molecule has 0 amide bonds. The molecule has 0 bridgehead atoms. The van der Waals surface area contributed by atoms with Gasteiger partial charge in [0.05, 0.1) is 21.3 Å². The van der Waals surface area contributed by atoms with Crippen LogP contribution in [0.2, 0.25) is 15.1 Å². The Morgan fingerprint density at radius 3 is 2.14 bits per heavy atom. The number of sulfonamides is 1. The molecule has 150 valence electrons. The molecule has 0 radical (unpaired) electrons. The summed E-state index contributed by atoms with van der Waals surface area (Å²) in [5, 5.41) is 7.59. The molecule has 0 aliphatic carbocycles. The molecule has 0 aliphatic rings. The summed E-state index contributed by atoms with van der Waals surface area (Å²) in [4.78, 5) is 0.0997. The largest absolute Gasteiger partial charge is 0.332 e. The van der Waals surface area contributed by atoms with E-state index in [0.717, 1.165) is 0 Å². The van der Waals surface area contributed by atoms with E-state index in [0.29, 0.717) is 37.2 Å². The lowest BCUT2D eigenvalue weighted by Gasteiger charge is -2.13. The van der Waals surface area contributed by atoms with Crippen LogP contribution in [0.15, 0.2) is 71.6 Å². The van der Waals surface area contributed by atoms with Gasteiger partial charge in [-0.2, -0.15) is 0 Å². The molecule has 0 saturated carbocycles. The minimum atomic E-state index is -3.75. The summed E-state index contributed by atoms with van der Waals surface area (Å²) >= 11 is 23.1. The fourth-order valence-electron chi connectivity index (χ4n) is 2.36. The lowest BCUT2D eigenvalue weighted by Crippen LogP contribution is -2.19. The third-order valence-corrected chi connectivity index (χ3v) is 6.06. The highest BCUT2D eigenvalue weighted by molar-refractivity contribution is 7.92. The first kappa shape index (κ1) is 21.7. The molecule has 0 unspecified atom stereocenters. The Hall–Kier alpha value is -2.03. The van der Waals surface area contributed by atoms with Crippen molar-refractivity contribution in [3.05, 3.63) is 81.8 Å². The first-order valence-corrected chi connectivity index (χ1v) is 11.2. The SMILES string of the molecule is O=S(=O)(Nc1cccc(Cl)c1)c1ccc(NC(=S)Nc2ccc(Cl)cc2Cl)cc1. The van der Waals surface area contributed by atoms with Crippen LogP contribution in [0, 0.1) is 0 Å². The molecule has 3 N–H and O–H groups in total. The highest BCUT2D eigenvalue weighted by Gasteiger charge is 2.14. The first-order valence-electron chi connectivity index (χ1n) is 8.14. The molecular formula is C19H14Cl3N3O2S2. The predicted molar refractivity (Wildman–Crippen MR) is 125 cm³/mol. The van der Waals surface area contributed by atoms with Crippen molar-refractivity contribution < 1.29 is 8.42 Å². The van der Waals surface area contributed by atoms with Gasteiger partial charge in [0.2, 0.25) is 0 Å². The molecular weight excluding hydrogens is 473 g/mol. The van der Waals surface area contributed by atoms with Crippen LogP contribution in [0.4, 0.5) is 17.1 Å². The van der Waals surface area contributed by atoms with Crippen molar-refractivity contribution in [2.45, 2.75) is 4.90 Å². The van der Waals surface area contributed by atoms with Crippen LogP contribution in [0.3, 0.4) is 0 Å². The Morgan fingerprint density at radius 1 is 0.793 bits per heavy atom. The van der Waals surface area contributed by atoms with Gasteiger partial charge in [-0.25, -0.2) is 8.42 Å². The molecule has 29 heavy (non-hydrogen) atoms. The number of nitrogens with one attached hydrogen (secondary N) is 3. The Labute approximate surface area is 189 Å². The van der Waals surface area contributed by atoms with Crippen molar-refractivity contribution in [2.75, 3.05) is 15.4 Å². The second-order valence-corrected chi connectivity index (χ2v) is 9.21. The summed E-state index contributed by atoms with van der Waals surface area (Å²) in [7, 11) is -3.75. The summed E-state index contributed by atoms with van der Waals surface area (Å²) in [5.41, 5.74) is 1.58. The van der Waals surface area contributed by atoms with Gasteiger partial charge >= 0.3 is 0 Å². The highest BCUT2D eigenvalue weighted by atomic mass is 35.5. The standard InChI is InChI=1S/C19H14Cl3N3O2S2/c20-12-2-1-3-15(10-12)25-29(26,27)16-7-5-14(6-8-16)23-19(28)24-18-9-4-13(21)11-17(18)22/h1-11,25H,(H2,23,24,28). The van der Waals surface area contributed by atoms with Crippen LogP contribution >= 0.6 is 47.0 Å². The molecule has 0 heterocycles. The molecule has 0 fully saturated rings. The van der Waals surface area contributed by atoms with E-state index < -0.39 is 10.0 Å². The third-order valence-electron chi connectivity index (χ3n) is 3.68. The predicted octanol–water partition coefficient (Wildman–Crippen LogP) is 6.26. The molecule has 5 nitrogen and oxygen atoms in total. The Bertz CT molecular complexity index is 1150. The zero-order valence-corrected chi connectivity index (χ0v) is 18.5. The summed E-state index contributed by atoms with van der Waals surface area (Å²) < 4.78 is 27.5. The minimum absolute atomic E-state index is 0.0997. The minimum Gasteiger partial charge on any atom is -0.332 e. The molecule has 0 aliphatic heterocycles. The quantitative estimate of drug-likeness (QED) is 0.371. The lowest BCUT2D eigenvalue weighted by molar-refractivity contribution is 0.601. The normalized spacial score (nSPS) is 11.0. The van der Waals surface area contributed by atoms with Crippen molar-refractivity contribution in [1.82, 2.24) is 0 Å². The van der Waals surface area contributed by atoms with E-state index in [2.05, 4.69) is 15.4 Å². The average molecular weight is 487 g/mol. The summed E-state index contributed by atoms with van der Waals surface area (Å²) in [5.74, 6) is 0. The van der Waals surface area contributed by atoms with Crippen molar-refractivity contribution in [1.29, 1.82) is 0 Å². The van der Waals surface area contributed by atoms with Gasteiger partial charge in [-0.1, -0.05) is 40.9 Å². The second-order valence-electron chi connectivity index (χ2n) is 5.84. The van der Waals surface area contributed by atoms with Gasteiger partial charge in [0.25, 0.3) is 10.0 Å². The van der Waals surface area contributed by atoms with Crippen LogP contribution in [-0.2, 0) is 10.0 Å². The van der Waals surface area contributed by atoms with Gasteiger partial charge in [-0.3, -0.25) is 4.72 Å². The van der Waals surface area contributed by atoms with Gasteiger partial charge in [0.15, 0.2) is 5.11 Å². The van der Waals surface area contributed by atoms with Crippen molar-refractivity contribution >= 4 is 79.2 Å². The number of rotatable bonds is 5. The van der Waals surface area contributed by atoms with E-state index in [9.17, 15) is 8.42 Å². The smallest absolute Gasteiger partial charge is 0.261 e. The number of halogens is 3. The van der Waals surface area contributed by atoms with Crippen molar-refractivity contribution in [3.63, 3.8) is 0 Å². The maximum absolute atomic E-state index is 12.5. The molecule has 0 aromatic heterocycles. The molecule has 3 aromatic carbocycles. The molecule has 3 rings (SSSR count). The second kappa shape index (κ2) is 9.19. The van der Waals surface area contributed by atoms with Crippen molar-refractivity contribution in [3.8, 4) is 0 Å². The van der Waals surface area contributed by atoms with E-state index in [1.165, 1.54) is 18.2 Å². The van der Waals surface area contributed by atoms with E-state index in [1.807, 2.05) is 0 Å². The number of thiocarbonyl (C=S) groups is 1. The van der Waals surface area contributed by atoms with E-state index in [4.69, 9.17) is 47.0 Å². The van der Waals surface area contributed by atoms with Crippen molar-refractivity contribution in [2.24, 2.45) is 0 Å². The van der Waals surface area contributed by atoms with E-state index in [-0.39, 0.29) is 4.90 Å². The summed E-state index contributed by atoms with van der Waals surface area (Å²) in [6.07, 6.45) is 0.